The van der Waals surface area contributed by atoms with Crippen molar-refractivity contribution in [3.63, 3.8) is 0 Å². The highest BCUT2D eigenvalue weighted by molar-refractivity contribution is 7.89. The second-order valence-electron chi connectivity index (χ2n) is 5.70. The van der Waals surface area contributed by atoms with E-state index in [2.05, 4.69) is 5.32 Å². The fourth-order valence-electron chi connectivity index (χ4n) is 2.52. The number of sulfonamides is 1. The molecule has 0 saturated carbocycles. The van der Waals surface area contributed by atoms with E-state index >= 15 is 0 Å². The lowest BCUT2D eigenvalue weighted by molar-refractivity contribution is 0.0655. The summed E-state index contributed by atoms with van der Waals surface area (Å²) < 4.78 is 31.1. The van der Waals surface area contributed by atoms with E-state index in [4.69, 9.17) is 4.74 Å². The van der Waals surface area contributed by atoms with Crippen molar-refractivity contribution in [1.82, 2.24) is 14.5 Å². The number of rotatable bonds is 4. The van der Waals surface area contributed by atoms with Gasteiger partial charge in [-0.15, -0.1) is 0 Å². The Morgan fingerprint density at radius 3 is 2.65 bits per heavy atom. The van der Waals surface area contributed by atoms with Gasteiger partial charge in [-0.2, -0.15) is 0 Å². The van der Waals surface area contributed by atoms with Gasteiger partial charge in [0, 0.05) is 45.3 Å². The zero-order chi connectivity index (χ0) is 17.2. The van der Waals surface area contributed by atoms with Crippen molar-refractivity contribution in [1.29, 1.82) is 0 Å². The third-order valence-corrected chi connectivity index (χ3v) is 5.77. The molecule has 23 heavy (non-hydrogen) atoms. The predicted molar refractivity (Wildman–Crippen MR) is 87.2 cm³/mol. The first-order valence-corrected chi connectivity index (χ1v) is 8.85. The van der Waals surface area contributed by atoms with Gasteiger partial charge in [0.15, 0.2) is 0 Å². The summed E-state index contributed by atoms with van der Waals surface area (Å²) in [7, 11) is 0.604. The zero-order valence-corrected chi connectivity index (χ0v) is 14.7. The van der Waals surface area contributed by atoms with Crippen LogP contribution in [0.15, 0.2) is 23.1 Å². The van der Waals surface area contributed by atoms with Crippen LogP contribution in [0.2, 0.25) is 0 Å². The summed E-state index contributed by atoms with van der Waals surface area (Å²) in [5.41, 5.74) is 0.347. The minimum Gasteiger partial charge on any atom is -0.495 e. The quantitative estimate of drug-likeness (QED) is 0.856. The number of nitrogens with zero attached hydrogens (tertiary/aromatic N) is 2. The lowest BCUT2D eigenvalue weighted by Crippen LogP contribution is -2.52. The molecule has 1 heterocycles. The van der Waals surface area contributed by atoms with Crippen molar-refractivity contribution < 1.29 is 17.9 Å². The maximum Gasteiger partial charge on any atom is 0.254 e. The lowest BCUT2D eigenvalue weighted by Gasteiger charge is -2.34. The molecule has 0 bridgehead atoms. The third kappa shape index (κ3) is 3.49. The van der Waals surface area contributed by atoms with Gasteiger partial charge in [-0.1, -0.05) is 0 Å². The van der Waals surface area contributed by atoms with Gasteiger partial charge < -0.3 is 15.0 Å². The second-order valence-corrected chi connectivity index (χ2v) is 7.83. The Morgan fingerprint density at radius 1 is 1.39 bits per heavy atom. The summed E-state index contributed by atoms with van der Waals surface area (Å²) in [4.78, 5) is 14.5. The first-order chi connectivity index (χ1) is 10.8. The number of nitrogens with one attached hydrogen (secondary N) is 1. The first-order valence-electron chi connectivity index (χ1n) is 7.41. The molecule has 1 saturated heterocycles. The molecule has 0 unspecified atom stereocenters. The van der Waals surface area contributed by atoms with Gasteiger partial charge in [0.05, 0.1) is 7.11 Å². The maximum atomic E-state index is 12.7. The summed E-state index contributed by atoms with van der Waals surface area (Å²) in [6.45, 7) is 4.02. The van der Waals surface area contributed by atoms with Crippen LogP contribution in [-0.2, 0) is 10.0 Å². The summed E-state index contributed by atoms with van der Waals surface area (Å²) >= 11 is 0. The lowest BCUT2D eigenvalue weighted by atomic mass is 10.1. The number of piperazine rings is 1. The molecule has 0 aromatic heterocycles. The van der Waals surface area contributed by atoms with Crippen LogP contribution in [0.25, 0.3) is 0 Å². The number of hydrogen-bond acceptors (Lipinski definition) is 5. The van der Waals surface area contributed by atoms with Gasteiger partial charge in [0.2, 0.25) is 10.0 Å². The molecule has 8 heteroatoms. The van der Waals surface area contributed by atoms with E-state index in [-0.39, 0.29) is 22.6 Å². The molecular weight excluding hydrogens is 318 g/mol. The Labute approximate surface area is 137 Å². The van der Waals surface area contributed by atoms with E-state index in [0.29, 0.717) is 12.1 Å². The highest BCUT2D eigenvalue weighted by atomic mass is 32.2. The van der Waals surface area contributed by atoms with Gasteiger partial charge in [0.25, 0.3) is 5.91 Å². The van der Waals surface area contributed by atoms with E-state index in [0.717, 1.165) is 17.4 Å². The molecule has 1 aliphatic heterocycles. The fourth-order valence-corrected chi connectivity index (χ4v) is 3.59. The van der Waals surface area contributed by atoms with Crippen LogP contribution in [0.4, 0.5) is 0 Å². The molecule has 1 aliphatic rings. The molecule has 1 amide bonds. The molecule has 2 rings (SSSR count). The second kappa shape index (κ2) is 6.86. The van der Waals surface area contributed by atoms with Crippen LogP contribution >= 0.6 is 0 Å². The molecule has 1 aromatic carbocycles. The minimum absolute atomic E-state index is 0.00126. The summed E-state index contributed by atoms with van der Waals surface area (Å²) in [5.74, 6) is 0.0560. The molecule has 1 N–H and O–H groups in total. The van der Waals surface area contributed by atoms with Crippen LogP contribution in [-0.4, -0.2) is 70.4 Å². The Bertz CT molecular complexity index is 688. The number of carbonyl (C=O) groups is 1. The molecular formula is C15H23N3O4S. The molecule has 7 nitrogen and oxygen atoms in total. The van der Waals surface area contributed by atoms with Crippen molar-refractivity contribution in [2.24, 2.45) is 0 Å². The van der Waals surface area contributed by atoms with E-state index in [1.807, 2.05) is 6.92 Å². The highest BCUT2D eigenvalue weighted by Crippen LogP contribution is 2.27. The van der Waals surface area contributed by atoms with Gasteiger partial charge in [-0.05, 0) is 25.1 Å². The Balaban J connectivity index is 2.43. The predicted octanol–water partition coefficient (Wildman–Crippen LogP) is 0.379. The number of hydrogen-bond donors (Lipinski definition) is 1. The molecule has 0 aliphatic carbocycles. The average Bonchev–Trinajstić information content (AvgIpc) is 2.53. The number of amides is 1. The van der Waals surface area contributed by atoms with Crippen LogP contribution in [0, 0.1) is 0 Å². The van der Waals surface area contributed by atoms with Gasteiger partial charge in [-0.25, -0.2) is 12.7 Å². The normalized spacial score (nSPS) is 19.0. The first kappa shape index (κ1) is 17.7. The van der Waals surface area contributed by atoms with Crippen molar-refractivity contribution in [2.45, 2.75) is 17.9 Å². The topological polar surface area (TPSA) is 79.0 Å². The van der Waals surface area contributed by atoms with E-state index in [1.165, 1.54) is 33.3 Å². The van der Waals surface area contributed by atoms with E-state index in [9.17, 15) is 13.2 Å². The molecule has 0 radical (unpaired) electrons. The van der Waals surface area contributed by atoms with Crippen LogP contribution in [0.1, 0.15) is 17.3 Å². The molecule has 1 aromatic rings. The SMILES string of the molecule is COc1ccc(C(=O)N2CCNC[C@@H]2C)cc1S(=O)(=O)N(C)C. The van der Waals surface area contributed by atoms with Crippen LogP contribution < -0.4 is 10.1 Å². The number of carbonyl (C=O) groups excluding carboxylic acids is 1. The van der Waals surface area contributed by atoms with E-state index in [1.54, 1.807) is 11.0 Å². The highest BCUT2D eigenvalue weighted by Gasteiger charge is 2.27. The van der Waals surface area contributed by atoms with Crippen LogP contribution in [0.3, 0.4) is 0 Å². The van der Waals surface area contributed by atoms with Crippen molar-refractivity contribution in [3.8, 4) is 5.75 Å². The smallest absolute Gasteiger partial charge is 0.254 e. The zero-order valence-electron chi connectivity index (χ0n) is 13.9. The third-order valence-electron chi connectivity index (χ3n) is 3.93. The number of benzene rings is 1. The van der Waals surface area contributed by atoms with Crippen molar-refractivity contribution >= 4 is 15.9 Å². The van der Waals surface area contributed by atoms with Crippen LogP contribution in [0.5, 0.6) is 5.75 Å². The number of ether oxygens (including phenoxy) is 1. The Kier molecular flexibility index (Phi) is 5.28. The molecule has 128 valence electrons. The van der Waals surface area contributed by atoms with Crippen molar-refractivity contribution in [3.05, 3.63) is 23.8 Å². The largest absolute Gasteiger partial charge is 0.495 e. The van der Waals surface area contributed by atoms with Gasteiger partial charge in [-0.3, -0.25) is 4.79 Å². The minimum atomic E-state index is -3.69. The average molecular weight is 341 g/mol. The fraction of sp³-hybridized carbons (Fsp3) is 0.533. The standard InChI is InChI=1S/C15H23N3O4S/c1-11-10-16-7-8-18(11)15(19)12-5-6-13(22-4)14(9-12)23(20,21)17(2)3/h5-6,9,11,16H,7-8,10H2,1-4H3/t11-/m0/s1. The number of methoxy groups -OCH3 is 1. The van der Waals surface area contributed by atoms with Gasteiger partial charge >= 0.3 is 0 Å². The van der Waals surface area contributed by atoms with E-state index < -0.39 is 10.0 Å². The molecule has 1 fully saturated rings. The summed E-state index contributed by atoms with van der Waals surface area (Å²) in [5, 5.41) is 3.22. The molecule has 1 atom stereocenters. The monoisotopic (exact) mass is 341 g/mol. The Hall–Kier alpha value is -1.64. The summed E-state index contributed by atoms with van der Waals surface area (Å²) in [6.07, 6.45) is 0. The summed E-state index contributed by atoms with van der Waals surface area (Å²) in [6, 6.07) is 4.58. The molecule has 0 spiro atoms. The van der Waals surface area contributed by atoms with Crippen molar-refractivity contribution in [2.75, 3.05) is 40.8 Å². The maximum absolute atomic E-state index is 12.7. The van der Waals surface area contributed by atoms with Gasteiger partial charge in [0.1, 0.15) is 10.6 Å². The Morgan fingerprint density at radius 2 is 2.09 bits per heavy atom.